The second-order valence-electron chi connectivity index (χ2n) is 2.66. The third kappa shape index (κ3) is 53.4. The topological polar surface area (TPSA) is 124 Å². The molecule has 0 saturated carbocycles. The minimum atomic E-state index is -0.935. The van der Waals surface area contributed by atoms with Crippen LogP contribution >= 0.6 is 0 Å². The maximum absolute atomic E-state index is 9.60. The molecular formula is C10H20O7. The monoisotopic (exact) mass is 252 g/mol. The molecule has 0 aliphatic rings. The molecule has 0 heterocycles. The Labute approximate surface area is 100.0 Å². The molecule has 7 heteroatoms. The Bertz CT molecular complexity index is 193. The Kier molecular flexibility index (Phi) is 20.9. The number of carboxylic acids is 2. The van der Waals surface area contributed by atoms with Crippen molar-refractivity contribution in [2.24, 2.45) is 0 Å². The molecule has 0 amide bonds. The van der Waals surface area contributed by atoms with Gasteiger partial charge in [0.05, 0.1) is 26.4 Å². The summed E-state index contributed by atoms with van der Waals surface area (Å²) in [6, 6.07) is 0. The number of carbonyl (C=O) groups is 2. The van der Waals surface area contributed by atoms with Crippen molar-refractivity contribution in [1.29, 1.82) is 0 Å². The molecule has 0 aromatic rings. The lowest BCUT2D eigenvalue weighted by atomic mass is 10.4. The highest BCUT2D eigenvalue weighted by molar-refractivity contribution is 5.84. The Morgan fingerprint density at radius 1 is 1.06 bits per heavy atom. The van der Waals surface area contributed by atoms with Crippen molar-refractivity contribution in [2.75, 3.05) is 26.4 Å². The second-order valence-corrected chi connectivity index (χ2v) is 2.66. The predicted octanol–water partition coefficient (Wildman–Crippen LogP) is -0.274. The molecule has 0 bridgehead atoms. The molecule has 0 saturated heterocycles. The van der Waals surface area contributed by atoms with Gasteiger partial charge in [-0.25, -0.2) is 4.79 Å². The smallest absolute Gasteiger partial charge is 0.330 e. The molecule has 4 N–H and O–H groups in total. The van der Waals surface area contributed by atoms with Crippen LogP contribution in [0.3, 0.4) is 0 Å². The van der Waals surface area contributed by atoms with E-state index < -0.39 is 11.9 Å². The van der Waals surface area contributed by atoms with E-state index in [2.05, 4.69) is 11.3 Å². The molecule has 0 radical (unpaired) electrons. The summed E-state index contributed by atoms with van der Waals surface area (Å²) in [7, 11) is 0. The number of ether oxygens (including phenoxy) is 1. The van der Waals surface area contributed by atoms with Crippen molar-refractivity contribution in [2.45, 2.75) is 13.8 Å². The number of aliphatic hydroxyl groups excluding tert-OH is 2. The largest absolute Gasteiger partial charge is 0.481 e. The van der Waals surface area contributed by atoms with Gasteiger partial charge < -0.3 is 25.2 Å². The first-order valence-corrected chi connectivity index (χ1v) is 4.67. The van der Waals surface area contributed by atoms with Crippen LogP contribution in [0.4, 0.5) is 0 Å². The van der Waals surface area contributed by atoms with E-state index in [1.165, 1.54) is 6.92 Å². The zero-order valence-corrected chi connectivity index (χ0v) is 10.0. The summed E-state index contributed by atoms with van der Waals surface area (Å²) >= 11 is 0. The van der Waals surface area contributed by atoms with E-state index in [1.54, 1.807) is 0 Å². The fourth-order valence-corrected chi connectivity index (χ4v) is 0.231. The molecular weight excluding hydrogens is 232 g/mol. The van der Waals surface area contributed by atoms with Gasteiger partial charge in [0.25, 0.3) is 5.97 Å². The molecule has 0 rings (SSSR count). The van der Waals surface area contributed by atoms with Crippen LogP contribution in [0, 0.1) is 0 Å². The molecule has 0 unspecified atom stereocenters. The van der Waals surface area contributed by atoms with Gasteiger partial charge >= 0.3 is 5.97 Å². The lowest BCUT2D eigenvalue weighted by molar-refractivity contribution is -0.134. The molecule has 102 valence electrons. The molecule has 0 aliphatic carbocycles. The number of rotatable bonds is 5. The first kappa shape index (κ1) is 20.9. The van der Waals surface area contributed by atoms with Crippen LogP contribution in [0.2, 0.25) is 0 Å². The number of carboxylic acid groups (broad SMARTS) is 2. The summed E-state index contributed by atoms with van der Waals surface area (Å²) in [5.41, 5.74) is 0.176. The van der Waals surface area contributed by atoms with Gasteiger partial charge in [0, 0.05) is 12.5 Å². The SMILES string of the molecule is C=C(C)C(=O)O.CC(=O)O.OCCOCCO. The third-order valence-electron chi connectivity index (χ3n) is 0.836. The van der Waals surface area contributed by atoms with Crippen LogP contribution in [0.5, 0.6) is 0 Å². The summed E-state index contributed by atoms with van der Waals surface area (Å²) in [6.45, 7) is 6.38. The van der Waals surface area contributed by atoms with E-state index in [-0.39, 0.29) is 18.8 Å². The minimum absolute atomic E-state index is 0.0278. The molecule has 17 heavy (non-hydrogen) atoms. The van der Waals surface area contributed by atoms with Crippen LogP contribution in [0.25, 0.3) is 0 Å². The average Bonchev–Trinajstić information content (AvgIpc) is 2.18. The van der Waals surface area contributed by atoms with Gasteiger partial charge in [-0.1, -0.05) is 6.58 Å². The van der Waals surface area contributed by atoms with Crippen LogP contribution < -0.4 is 0 Å². The highest BCUT2D eigenvalue weighted by Gasteiger charge is 1.90. The Morgan fingerprint density at radius 3 is 1.41 bits per heavy atom. The second kappa shape index (κ2) is 17.0. The van der Waals surface area contributed by atoms with Crippen molar-refractivity contribution in [1.82, 2.24) is 0 Å². The maximum Gasteiger partial charge on any atom is 0.330 e. The van der Waals surface area contributed by atoms with Crippen LogP contribution in [-0.2, 0) is 14.3 Å². The van der Waals surface area contributed by atoms with Crippen molar-refractivity contribution >= 4 is 11.9 Å². The summed E-state index contributed by atoms with van der Waals surface area (Å²) in [5, 5.41) is 31.5. The molecule has 0 aromatic heterocycles. The first-order valence-electron chi connectivity index (χ1n) is 4.67. The lowest BCUT2D eigenvalue weighted by Crippen LogP contribution is -2.03. The number of aliphatic hydroxyl groups is 2. The highest BCUT2D eigenvalue weighted by atomic mass is 16.5. The molecule has 0 spiro atoms. The third-order valence-corrected chi connectivity index (χ3v) is 0.836. The number of hydrogen-bond acceptors (Lipinski definition) is 5. The van der Waals surface area contributed by atoms with Gasteiger partial charge in [0.1, 0.15) is 0 Å². The van der Waals surface area contributed by atoms with Crippen LogP contribution in [0.1, 0.15) is 13.8 Å². The zero-order chi connectivity index (χ0) is 14.3. The fourth-order valence-electron chi connectivity index (χ4n) is 0.231. The summed E-state index contributed by atoms with van der Waals surface area (Å²) in [4.78, 5) is 18.6. The van der Waals surface area contributed by atoms with Gasteiger partial charge in [0.2, 0.25) is 0 Å². The summed E-state index contributed by atoms with van der Waals surface area (Å²) in [5.74, 6) is -1.77. The predicted molar refractivity (Wildman–Crippen MR) is 60.8 cm³/mol. The van der Waals surface area contributed by atoms with E-state index in [0.29, 0.717) is 13.2 Å². The zero-order valence-electron chi connectivity index (χ0n) is 10.0. The lowest BCUT2D eigenvalue weighted by Gasteiger charge is -1.94. The van der Waals surface area contributed by atoms with Crippen LogP contribution in [-0.4, -0.2) is 58.8 Å². The molecule has 0 atom stereocenters. The van der Waals surface area contributed by atoms with E-state index in [4.69, 9.17) is 25.2 Å². The van der Waals surface area contributed by atoms with Crippen molar-refractivity contribution in [3.05, 3.63) is 12.2 Å². The van der Waals surface area contributed by atoms with Gasteiger partial charge in [0.15, 0.2) is 0 Å². The standard InChI is InChI=1S/C4H10O3.C4H6O2.C2H4O2/c5-1-3-7-4-2-6;1-3(2)4(5)6;1-2(3)4/h5-6H,1-4H2;1H2,2H3,(H,5,6);1H3,(H,3,4). The summed E-state index contributed by atoms with van der Waals surface area (Å²) in [6.07, 6.45) is 0. The molecule has 0 aliphatic heterocycles. The fraction of sp³-hybridized carbons (Fsp3) is 0.600. The Balaban J connectivity index is -0.000000180. The normalized spacial score (nSPS) is 8.00. The van der Waals surface area contributed by atoms with Gasteiger partial charge in [-0.05, 0) is 6.92 Å². The van der Waals surface area contributed by atoms with E-state index >= 15 is 0 Å². The number of aliphatic carboxylic acids is 2. The Morgan fingerprint density at radius 2 is 1.29 bits per heavy atom. The van der Waals surface area contributed by atoms with Crippen molar-refractivity contribution in [3.8, 4) is 0 Å². The highest BCUT2D eigenvalue weighted by Crippen LogP contribution is 1.81. The van der Waals surface area contributed by atoms with Crippen molar-refractivity contribution in [3.63, 3.8) is 0 Å². The van der Waals surface area contributed by atoms with Crippen LogP contribution in [0.15, 0.2) is 12.2 Å². The number of hydrogen-bond donors (Lipinski definition) is 4. The summed E-state index contributed by atoms with van der Waals surface area (Å²) < 4.78 is 4.63. The van der Waals surface area contributed by atoms with E-state index in [9.17, 15) is 4.79 Å². The Hall–Kier alpha value is -1.44. The molecule has 0 fully saturated rings. The van der Waals surface area contributed by atoms with Gasteiger partial charge in [-0.15, -0.1) is 0 Å². The first-order chi connectivity index (χ1) is 7.79. The molecule has 0 aromatic carbocycles. The quantitative estimate of drug-likeness (QED) is 0.392. The van der Waals surface area contributed by atoms with Gasteiger partial charge in [-0.3, -0.25) is 4.79 Å². The minimum Gasteiger partial charge on any atom is -0.481 e. The molecule has 7 nitrogen and oxygen atoms in total. The van der Waals surface area contributed by atoms with Crippen molar-refractivity contribution < 1.29 is 34.8 Å². The van der Waals surface area contributed by atoms with Gasteiger partial charge in [-0.2, -0.15) is 0 Å². The maximum atomic E-state index is 9.60. The van der Waals surface area contributed by atoms with E-state index in [0.717, 1.165) is 6.92 Å². The van der Waals surface area contributed by atoms with E-state index in [1.807, 2.05) is 0 Å². The average molecular weight is 252 g/mol.